The molecule has 13 heavy (non-hydrogen) atoms. The summed E-state index contributed by atoms with van der Waals surface area (Å²) in [5.41, 5.74) is 6.20. The van der Waals surface area contributed by atoms with Crippen LogP contribution in [0.15, 0.2) is 22.7 Å². The molecule has 1 rings (SSSR count). The first-order chi connectivity index (χ1) is 6.24. The molecular weight excluding hydrogens is 232 g/mol. The van der Waals surface area contributed by atoms with E-state index in [1.54, 1.807) is 6.07 Å². The average Bonchev–Trinajstić information content (AvgIpc) is 2.11. The van der Waals surface area contributed by atoms with E-state index in [4.69, 9.17) is 5.73 Å². The SMILES string of the molecule is NCCNCc1cc(Br)ccc1O. The van der Waals surface area contributed by atoms with E-state index in [1.165, 1.54) is 0 Å². The minimum atomic E-state index is 0.313. The molecule has 0 unspecified atom stereocenters. The second-order valence-corrected chi connectivity index (χ2v) is 3.65. The number of halogens is 1. The van der Waals surface area contributed by atoms with Gasteiger partial charge >= 0.3 is 0 Å². The molecule has 72 valence electrons. The van der Waals surface area contributed by atoms with Crippen LogP contribution in [0.25, 0.3) is 0 Å². The van der Waals surface area contributed by atoms with Crippen LogP contribution in [0.1, 0.15) is 5.56 Å². The molecule has 4 N–H and O–H groups in total. The van der Waals surface area contributed by atoms with Gasteiger partial charge in [-0.25, -0.2) is 0 Å². The summed E-state index contributed by atoms with van der Waals surface area (Å²) >= 11 is 3.34. The highest BCUT2D eigenvalue weighted by Crippen LogP contribution is 2.21. The van der Waals surface area contributed by atoms with Gasteiger partial charge in [0.05, 0.1) is 0 Å². The Morgan fingerprint density at radius 2 is 2.23 bits per heavy atom. The first-order valence-corrected chi connectivity index (χ1v) is 4.91. The Morgan fingerprint density at radius 1 is 1.46 bits per heavy atom. The maximum atomic E-state index is 9.44. The predicted octanol–water partition coefficient (Wildman–Crippen LogP) is 1.20. The van der Waals surface area contributed by atoms with Gasteiger partial charge in [0, 0.05) is 29.7 Å². The van der Waals surface area contributed by atoms with Crippen molar-refractivity contribution in [2.75, 3.05) is 13.1 Å². The van der Waals surface area contributed by atoms with E-state index in [2.05, 4.69) is 21.2 Å². The number of aromatic hydroxyl groups is 1. The Balaban J connectivity index is 2.59. The third-order valence-electron chi connectivity index (χ3n) is 1.68. The maximum absolute atomic E-state index is 9.44. The number of hydrogen-bond donors (Lipinski definition) is 3. The fourth-order valence-corrected chi connectivity index (χ4v) is 1.43. The van der Waals surface area contributed by atoms with Crippen molar-refractivity contribution in [1.82, 2.24) is 5.32 Å². The molecule has 0 radical (unpaired) electrons. The van der Waals surface area contributed by atoms with Gasteiger partial charge in [-0.05, 0) is 18.2 Å². The van der Waals surface area contributed by atoms with E-state index in [0.717, 1.165) is 16.6 Å². The lowest BCUT2D eigenvalue weighted by Gasteiger charge is -2.05. The molecule has 0 amide bonds. The highest BCUT2D eigenvalue weighted by atomic mass is 79.9. The predicted molar refractivity (Wildman–Crippen MR) is 56.6 cm³/mol. The first-order valence-electron chi connectivity index (χ1n) is 4.12. The van der Waals surface area contributed by atoms with E-state index < -0.39 is 0 Å². The van der Waals surface area contributed by atoms with Crippen molar-refractivity contribution in [2.24, 2.45) is 5.73 Å². The van der Waals surface area contributed by atoms with Crippen LogP contribution in [0, 0.1) is 0 Å². The van der Waals surface area contributed by atoms with Crippen molar-refractivity contribution < 1.29 is 5.11 Å². The Bertz CT molecular complexity index is 278. The van der Waals surface area contributed by atoms with Crippen LogP contribution in [0.4, 0.5) is 0 Å². The minimum Gasteiger partial charge on any atom is -0.508 e. The molecule has 0 saturated heterocycles. The number of rotatable bonds is 4. The van der Waals surface area contributed by atoms with E-state index in [-0.39, 0.29) is 0 Å². The fourth-order valence-electron chi connectivity index (χ4n) is 1.02. The minimum absolute atomic E-state index is 0.313. The second kappa shape index (κ2) is 5.21. The molecule has 0 aliphatic carbocycles. The summed E-state index contributed by atoms with van der Waals surface area (Å²) in [4.78, 5) is 0. The first kappa shape index (κ1) is 10.5. The Labute approximate surface area is 86.1 Å². The van der Waals surface area contributed by atoms with Crippen molar-refractivity contribution >= 4 is 15.9 Å². The molecule has 3 nitrogen and oxygen atoms in total. The summed E-state index contributed by atoms with van der Waals surface area (Å²) in [6, 6.07) is 5.37. The van der Waals surface area contributed by atoms with Crippen LogP contribution < -0.4 is 11.1 Å². The third-order valence-corrected chi connectivity index (χ3v) is 2.17. The molecule has 0 spiro atoms. The Kier molecular flexibility index (Phi) is 4.21. The van der Waals surface area contributed by atoms with Gasteiger partial charge in [0.1, 0.15) is 5.75 Å². The summed E-state index contributed by atoms with van der Waals surface area (Å²) < 4.78 is 0.967. The number of phenolic OH excluding ortho intramolecular Hbond substituents is 1. The zero-order valence-electron chi connectivity index (χ0n) is 7.26. The number of phenols is 1. The molecule has 0 fully saturated rings. The van der Waals surface area contributed by atoms with Crippen LogP contribution >= 0.6 is 15.9 Å². The van der Waals surface area contributed by atoms with Crippen molar-refractivity contribution in [1.29, 1.82) is 0 Å². The Hall–Kier alpha value is -0.580. The molecule has 0 heterocycles. The monoisotopic (exact) mass is 244 g/mol. The molecule has 1 aromatic rings. The number of benzene rings is 1. The van der Waals surface area contributed by atoms with Crippen LogP contribution in [0.2, 0.25) is 0 Å². The lowest BCUT2D eigenvalue weighted by molar-refractivity contribution is 0.464. The smallest absolute Gasteiger partial charge is 0.120 e. The number of hydrogen-bond acceptors (Lipinski definition) is 3. The molecule has 0 bridgehead atoms. The zero-order chi connectivity index (χ0) is 9.68. The molecular formula is C9H13BrN2O. The van der Waals surface area contributed by atoms with Crippen LogP contribution in [0.5, 0.6) is 5.75 Å². The van der Waals surface area contributed by atoms with Gasteiger partial charge < -0.3 is 16.2 Å². The van der Waals surface area contributed by atoms with Gasteiger partial charge in [-0.1, -0.05) is 15.9 Å². The molecule has 0 aliphatic heterocycles. The largest absolute Gasteiger partial charge is 0.508 e. The van der Waals surface area contributed by atoms with Crippen molar-refractivity contribution in [3.8, 4) is 5.75 Å². The summed E-state index contributed by atoms with van der Waals surface area (Å²) in [5.74, 6) is 0.313. The lowest BCUT2D eigenvalue weighted by atomic mass is 10.2. The normalized spacial score (nSPS) is 10.3. The molecule has 4 heteroatoms. The molecule has 0 aliphatic rings. The summed E-state index contributed by atoms with van der Waals surface area (Å²) in [6.07, 6.45) is 0. The van der Waals surface area contributed by atoms with Crippen molar-refractivity contribution in [2.45, 2.75) is 6.54 Å². The third kappa shape index (κ3) is 3.34. The maximum Gasteiger partial charge on any atom is 0.120 e. The van der Waals surface area contributed by atoms with Crippen LogP contribution in [-0.2, 0) is 6.54 Å². The quantitative estimate of drug-likeness (QED) is 0.698. The van der Waals surface area contributed by atoms with Gasteiger partial charge in [-0.15, -0.1) is 0 Å². The van der Waals surface area contributed by atoms with E-state index >= 15 is 0 Å². The molecule has 0 atom stereocenters. The molecule has 0 aromatic heterocycles. The van der Waals surface area contributed by atoms with E-state index in [0.29, 0.717) is 18.8 Å². The standard InChI is InChI=1S/C9H13BrN2O/c10-8-1-2-9(13)7(5-8)6-12-4-3-11/h1-2,5,12-13H,3-4,6,11H2. The van der Waals surface area contributed by atoms with Gasteiger partial charge in [-0.3, -0.25) is 0 Å². The summed E-state index contributed by atoms with van der Waals surface area (Å²) in [5, 5.41) is 12.6. The second-order valence-electron chi connectivity index (χ2n) is 2.74. The zero-order valence-corrected chi connectivity index (χ0v) is 8.84. The van der Waals surface area contributed by atoms with E-state index in [1.807, 2.05) is 12.1 Å². The number of nitrogens with two attached hydrogens (primary N) is 1. The van der Waals surface area contributed by atoms with Crippen LogP contribution in [-0.4, -0.2) is 18.2 Å². The highest BCUT2D eigenvalue weighted by Gasteiger charge is 2.00. The van der Waals surface area contributed by atoms with Crippen molar-refractivity contribution in [3.05, 3.63) is 28.2 Å². The van der Waals surface area contributed by atoms with Gasteiger partial charge in [-0.2, -0.15) is 0 Å². The van der Waals surface area contributed by atoms with E-state index in [9.17, 15) is 5.11 Å². The fraction of sp³-hybridized carbons (Fsp3) is 0.333. The number of nitrogens with one attached hydrogen (secondary N) is 1. The van der Waals surface area contributed by atoms with Crippen LogP contribution in [0.3, 0.4) is 0 Å². The van der Waals surface area contributed by atoms with Crippen molar-refractivity contribution in [3.63, 3.8) is 0 Å². The summed E-state index contributed by atoms with van der Waals surface area (Å²) in [6.45, 7) is 2.00. The molecule has 1 aromatic carbocycles. The molecule has 0 saturated carbocycles. The Morgan fingerprint density at radius 3 is 2.92 bits per heavy atom. The van der Waals surface area contributed by atoms with Gasteiger partial charge in [0.15, 0.2) is 0 Å². The van der Waals surface area contributed by atoms with Gasteiger partial charge in [0.25, 0.3) is 0 Å². The average molecular weight is 245 g/mol. The van der Waals surface area contributed by atoms with Gasteiger partial charge in [0.2, 0.25) is 0 Å². The highest BCUT2D eigenvalue weighted by molar-refractivity contribution is 9.10. The lowest BCUT2D eigenvalue weighted by Crippen LogP contribution is -2.21. The topological polar surface area (TPSA) is 58.3 Å². The summed E-state index contributed by atoms with van der Waals surface area (Å²) in [7, 11) is 0.